The molecule has 4 heteroatoms. The van der Waals surface area contributed by atoms with Gasteiger partial charge in [-0.05, 0) is 31.2 Å². The number of rotatable bonds is 4. The molecule has 1 atom stereocenters. The van der Waals surface area contributed by atoms with E-state index in [0.29, 0.717) is 12.1 Å². The third kappa shape index (κ3) is 4.31. The molecular formula is C12H21N3O. The number of nitrogens with one attached hydrogen (secondary N) is 2. The van der Waals surface area contributed by atoms with Gasteiger partial charge in [0.1, 0.15) is 5.75 Å². The van der Waals surface area contributed by atoms with Crippen LogP contribution in [-0.4, -0.2) is 24.4 Å². The van der Waals surface area contributed by atoms with Crippen molar-refractivity contribution in [2.24, 2.45) is 0 Å². The first-order valence-electron chi connectivity index (χ1n) is 5.42. The maximum atomic E-state index is 9.21. The van der Waals surface area contributed by atoms with Gasteiger partial charge in [0.2, 0.25) is 0 Å². The summed E-state index contributed by atoms with van der Waals surface area (Å²) in [5.41, 5.74) is 6.93. The lowest BCUT2D eigenvalue weighted by molar-refractivity contribution is 0.477. The van der Waals surface area contributed by atoms with E-state index in [4.69, 9.17) is 11.1 Å². The smallest absolute Gasteiger partial charge is 0.138 e. The molecule has 16 heavy (non-hydrogen) atoms. The van der Waals surface area contributed by atoms with Crippen LogP contribution in [0.1, 0.15) is 19.4 Å². The number of phenolic OH excluding ortho intramolecular Hbond substituents is 1. The zero-order chi connectivity index (χ0) is 12.6. The molecule has 1 aromatic carbocycles. The van der Waals surface area contributed by atoms with E-state index in [0.717, 1.165) is 5.56 Å². The van der Waals surface area contributed by atoms with Crippen LogP contribution in [-0.2, 0) is 6.42 Å². The number of nitrogens with two attached hydrogens (primary N) is 1. The summed E-state index contributed by atoms with van der Waals surface area (Å²) in [6.45, 7) is 4.00. The lowest BCUT2D eigenvalue weighted by atomic mass is 10.1. The third-order valence-electron chi connectivity index (χ3n) is 2.12. The highest BCUT2D eigenvalue weighted by Gasteiger charge is 2.05. The molecule has 0 radical (unpaired) electrons. The molecule has 0 aliphatic heterocycles. The predicted molar refractivity (Wildman–Crippen MR) is 69.2 cm³/mol. The van der Waals surface area contributed by atoms with Crippen molar-refractivity contribution in [1.29, 1.82) is 5.41 Å². The van der Waals surface area contributed by atoms with Crippen LogP contribution in [0.4, 0.5) is 5.69 Å². The molecule has 0 amide bonds. The predicted octanol–water partition coefficient (Wildman–Crippen LogP) is 1.78. The molecule has 0 bridgehead atoms. The van der Waals surface area contributed by atoms with Gasteiger partial charge in [-0.15, -0.1) is 0 Å². The summed E-state index contributed by atoms with van der Waals surface area (Å²) in [6, 6.07) is 5.11. The lowest BCUT2D eigenvalue weighted by Gasteiger charge is -2.10. The second-order valence-electron chi connectivity index (χ2n) is 3.16. The summed E-state index contributed by atoms with van der Waals surface area (Å²) in [4.78, 5) is 0. The summed E-state index contributed by atoms with van der Waals surface area (Å²) < 4.78 is 0. The third-order valence-corrected chi connectivity index (χ3v) is 2.12. The van der Waals surface area contributed by atoms with E-state index in [1.807, 2.05) is 13.8 Å². The molecule has 0 aromatic heterocycles. The molecule has 1 rings (SSSR count). The fourth-order valence-electron chi connectivity index (χ4n) is 1.23. The Labute approximate surface area is 97.0 Å². The number of aromatic hydroxyl groups is 1. The van der Waals surface area contributed by atoms with Crippen LogP contribution in [0.15, 0.2) is 18.2 Å². The molecule has 0 saturated carbocycles. The normalized spacial score (nSPS) is 11.2. The van der Waals surface area contributed by atoms with E-state index >= 15 is 0 Å². The largest absolute Gasteiger partial charge is 0.506 e. The minimum absolute atomic E-state index is 0.0129. The first-order valence-corrected chi connectivity index (χ1v) is 5.42. The highest BCUT2D eigenvalue weighted by Crippen LogP contribution is 2.20. The van der Waals surface area contributed by atoms with Gasteiger partial charge in [-0.1, -0.05) is 19.9 Å². The summed E-state index contributed by atoms with van der Waals surface area (Å²) in [6.07, 6.45) is 2.05. The van der Waals surface area contributed by atoms with Gasteiger partial charge in [0.25, 0.3) is 0 Å². The van der Waals surface area contributed by atoms with E-state index in [9.17, 15) is 5.11 Å². The van der Waals surface area contributed by atoms with Gasteiger partial charge < -0.3 is 21.6 Å². The quantitative estimate of drug-likeness (QED) is 0.357. The molecule has 0 heterocycles. The average Bonchev–Trinajstić information content (AvgIpc) is 2.33. The van der Waals surface area contributed by atoms with Crippen molar-refractivity contribution in [3.8, 4) is 5.75 Å². The molecular weight excluding hydrogens is 202 g/mol. The van der Waals surface area contributed by atoms with Crippen LogP contribution in [0.3, 0.4) is 0 Å². The number of hydrogen-bond donors (Lipinski definition) is 4. The summed E-state index contributed by atoms with van der Waals surface area (Å²) in [7, 11) is 1.81. The number of nitrogen functional groups attached to an aromatic ring is 1. The standard InChI is InChI=1S/C10H15N3O.C2H6/c1-13-8(6-11)4-7-2-3-10(14)9(12)5-7;1-2/h2-3,5-6,8,11,13-14H,4,12H2,1H3;1-2H3. The molecule has 0 fully saturated rings. The summed E-state index contributed by atoms with van der Waals surface area (Å²) in [5, 5.41) is 19.3. The van der Waals surface area contributed by atoms with Gasteiger partial charge in [-0.3, -0.25) is 0 Å². The number of hydrogen-bond acceptors (Lipinski definition) is 4. The minimum Gasteiger partial charge on any atom is -0.506 e. The van der Waals surface area contributed by atoms with E-state index in [-0.39, 0.29) is 11.8 Å². The zero-order valence-electron chi connectivity index (χ0n) is 10.1. The Kier molecular flexibility index (Phi) is 6.96. The Morgan fingerprint density at radius 2 is 2.12 bits per heavy atom. The van der Waals surface area contributed by atoms with Gasteiger partial charge >= 0.3 is 0 Å². The molecule has 0 aliphatic carbocycles. The number of benzene rings is 1. The minimum atomic E-state index is 0.0129. The second kappa shape index (κ2) is 7.70. The molecule has 4 nitrogen and oxygen atoms in total. The molecule has 90 valence electrons. The Balaban J connectivity index is 0.00000106. The van der Waals surface area contributed by atoms with Gasteiger partial charge in [0.05, 0.1) is 5.69 Å². The first kappa shape index (κ1) is 14.5. The lowest BCUT2D eigenvalue weighted by Crippen LogP contribution is -2.28. The van der Waals surface area contributed by atoms with Crippen LogP contribution in [0, 0.1) is 5.41 Å². The molecule has 0 aliphatic rings. The Bertz CT molecular complexity index is 326. The maximum Gasteiger partial charge on any atom is 0.138 e. The van der Waals surface area contributed by atoms with Crippen molar-refractivity contribution in [2.45, 2.75) is 26.3 Å². The fourth-order valence-corrected chi connectivity index (χ4v) is 1.23. The number of anilines is 1. The van der Waals surface area contributed by atoms with Gasteiger partial charge in [-0.2, -0.15) is 0 Å². The van der Waals surface area contributed by atoms with Crippen LogP contribution in [0.2, 0.25) is 0 Å². The Morgan fingerprint density at radius 3 is 2.56 bits per heavy atom. The van der Waals surface area contributed by atoms with Crippen molar-refractivity contribution >= 4 is 11.9 Å². The molecule has 5 N–H and O–H groups in total. The Hall–Kier alpha value is -1.55. The zero-order valence-corrected chi connectivity index (χ0v) is 10.1. The van der Waals surface area contributed by atoms with Crippen LogP contribution < -0.4 is 11.1 Å². The SMILES string of the molecule is CC.CNC(C=N)Cc1ccc(O)c(N)c1. The van der Waals surface area contributed by atoms with Crippen molar-refractivity contribution in [1.82, 2.24) is 5.32 Å². The summed E-state index contributed by atoms with van der Waals surface area (Å²) >= 11 is 0. The second-order valence-corrected chi connectivity index (χ2v) is 3.16. The first-order chi connectivity index (χ1) is 7.67. The highest BCUT2D eigenvalue weighted by atomic mass is 16.3. The van der Waals surface area contributed by atoms with Gasteiger partial charge in [-0.25, -0.2) is 0 Å². The van der Waals surface area contributed by atoms with Crippen molar-refractivity contribution in [3.05, 3.63) is 23.8 Å². The monoisotopic (exact) mass is 223 g/mol. The van der Waals surface area contributed by atoms with E-state index < -0.39 is 0 Å². The summed E-state index contributed by atoms with van der Waals surface area (Å²) in [5.74, 6) is 0.101. The van der Waals surface area contributed by atoms with Crippen molar-refractivity contribution in [2.75, 3.05) is 12.8 Å². The topological polar surface area (TPSA) is 82.1 Å². The van der Waals surface area contributed by atoms with E-state index in [1.165, 1.54) is 6.21 Å². The molecule has 1 aromatic rings. The molecule has 0 spiro atoms. The Morgan fingerprint density at radius 1 is 1.50 bits per heavy atom. The number of likely N-dealkylation sites (N-methyl/N-ethyl adjacent to an activating group) is 1. The van der Waals surface area contributed by atoms with Crippen LogP contribution in [0.25, 0.3) is 0 Å². The molecule has 1 unspecified atom stereocenters. The molecule has 0 saturated heterocycles. The maximum absolute atomic E-state index is 9.21. The van der Waals surface area contributed by atoms with Gasteiger partial charge in [0.15, 0.2) is 0 Å². The van der Waals surface area contributed by atoms with E-state index in [1.54, 1.807) is 25.2 Å². The number of phenols is 1. The van der Waals surface area contributed by atoms with E-state index in [2.05, 4.69) is 5.32 Å². The fraction of sp³-hybridized carbons (Fsp3) is 0.417. The van der Waals surface area contributed by atoms with Crippen LogP contribution >= 0.6 is 0 Å². The van der Waals surface area contributed by atoms with Crippen molar-refractivity contribution < 1.29 is 5.11 Å². The van der Waals surface area contributed by atoms with Crippen LogP contribution in [0.5, 0.6) is 5.75 Å². The average molecular weight is 223 g/mol. The highest BCUT2D eigenvalue weighted by molar-refractivity contribution is 5.62. The van der Waals surface area contributed by atoms with Gasteiger partial charge in [0, 0.05) is 12.3 Å². The van der Waals surface area contributed by atoms with Crippen molar-refractivity contribution in [3.63, 3.8) is 0 Å².